The predicted octanol–water partition coefficient (Wildman–Crippen LogP) is 7.51. The first-order valence-corrected chi connectivity index (χ1v) is 13.7. The fourth-order valence-corrected chi connectivity index (χ4v) is 5.10. The number of hydrogen-bond acceptors (Lipinski definition) is 3. The van der Waals surface area contributed by atoms with Crippen LogP contribution in [-0.4, -0.2) is 18.5 Å². The van der Waals surface area contributed by atoms with Crippen LogP contribution in [0.3, 0.4) is 0 Å². The van der Waals surface area contributed by atoms with Gasteiger partial charge in [-0.25, -0.2) is 8.42 Å². The summed E-state index contributed by atoms with van der Waals surface area (Å²) in [7, 11) is -6.09. The highest BCUT2D eigenvalue weighted by molar-refractivity contribution is 7.86. The zero-order valence-corrected chi connectivity index (χ0v) is 23.9. The molecule has 0 atom stereocenters. The lowest BCUT2D eigenvalue weighted by molar-refractivity contribution is -0.595. The largest absolute Gasteiger partial charge is 0.741 e. The lowest BCUT2D eigenvalue weighted by Crippen LogP contribution is -2.32. The van der Waals surface area contributed by atoms with Gasteiger partial charge in [0.1, 0.15) is 0 Å². The summed E-state index contributed by atoms with van der Waals surface area (Å²) < 4.78 is 61.2. The highest BCUT2D eigenvalue weighted by atomic mass is 32.2. The van der Waals surface area contributed by atoms with E-state index >= 15 is 0 Å². The van der Waals surface area contributed by atoms with Gasteiger partial charge in [-0.1, -0.05) is 42.0 Å². The number of halogens is 3. The Morgan fingerprint density at radius 1 is 0.641 bits per heavy atom. The van der Waals surface area contributed by atoms with E-state index in [2.05, 4.69) is 120 Å². The molecule has 4 aromatic rings. The fourth-order valence-electron chi connectivity index (χ4n) is 5.10. The molecule has 0 amide bonds. The molecule has 0 bridgehead atoms. The van der Waals surface area contributed by atoms with Crippen LogP contribution in [-0.2, 0) is 10.1 Å². The minimum Gasteiger partial charge on any atom is -0.741 e. The highest BCUT2D eigenvalue weighted by Gasteiger charge is 2.37. The third kappa shape index (κ3) is 6.75. The van der Waals surface area contributed by atoms with Gasteiger partial charge in [0.05, 0.1) is 0 Å². The van der Waals surface area contributed by atoms with Crippen LogP contribution in [0.2, 0.25) is 0 Å². The van der Waals surface area contributed by atoms with Gasteiger partial charge in [-0.15, -0.1) is 0 Å². The SMILES string of the molecule is Cc1cc(C)c(-[n+]2cc(-c3c(C)cccc3C)cc(-c3c(C)cccc3C)c2)c(C)c1.O=S(=O)([O-])C(F)(F)F. The molecule has 0 unspecified atom stereocenters. The number of alkyl halides is 3. The Morgan fingerprint density at radius 2 is 0.974 bits per heavy atom. The van der Waals surface area contributed by atoms with Crippen molar-refractivity contribution in [2.24, 2.45) is 0 Å². The molecular formula is C31H32F3NO3S. The van der Waals surface area contributed by atoms with Gasteiger partial charge < -0.3 is 4.55 Å². The molecule has 8 heteroatoms. The van der Waals surface area contributed by atoms with Crippen molar-refractivity contribution in [3.63, 3.8) is 0 Å². The molecule has 206 valence electrons. The second kappa shape index (κ2) is 11.3. The maximum absolute atomic E-state index is 10.7. The zero-order chi connectivity index (χ0) is 29.3. The Bertz CT molecular complexity index is 1510. The van der Waals surface area contributed by atoms with Crippen LogP contribution in [0.15, 0.2) is 67.0 Å². The average Bonchev–Trinajstić information content (AvgIpc) is 2.77. The van der Waals surface area contributed by atoms with Gasteiger partial charge in [0.15, 0.2) is 22.5 Å². The van der Waals surface area contributed by atoms with E-state index in [9.17, 15) is 13.2 Å². The van der Waals surface area contributed by atoms with Crippen LogP contribution in [0.25, 0.3) is 27.9 Å². The van der Waals surface area contributed by atoms with E-state index in [1.807, 2.05) is 0 Å². The lowest BCUT2D eigenvalue weighted by atomic mass is 9.92. The van der Waals surface area contributed by atoms with Crippen molar-refractivity contribution in [3.8, 4) is 27.9 Å². The van der Waals surface area contributed by atoms with Crippen LogP contribution in [0.4, 0.5) is 13.2 Å². The third-order valence-corrected chi connectivity index (χ3v) is 7.15. The van der Waals surface area contributed by atoms with Gasteiger partial charge in [0.25, 0.3) is 0 Å². The van der Waals surface area contributed by atoms with Gasteiger partial charge in [-0.2, -0.15) is 17.7 Å². The molecule has 4 rings (SSSR count). The van der Waals surface area contributed by atoms with Crippen molar-refractivity contribution in [2.45, 2.75) is 54.0 Å². The van der Waals surface area contributed by atoms with Crippen LogP contribution in [0.5, 0.6) is 0 Å². The average molecular weight is 556 g/mol. The Balaban J connectivity index is 0.000000459. The predicted molar refractivity (Wildman–Crippen MR) is 148 cm³/mol. The van der Waals surface area contributed by atoms with Crippen molar-refractivity contribution >= 4 is 10.1 Å². The first-order chi connectivity index (χ1) is 18.0. The molecule has 0 aliphatic carbocycles. The first-order valence-electron chi connectivity index (χ1n) is 12.3. The number of rotatable bonds is 3. The standard InChI is InChI=1S/C30H32N.CHF3O3S/c1-19-14-24(6)30(25(7)15-19)31-17-26(28-20(2)10-8-11-21(28)3)16-27(18-31)29-22(4)12-9-13-23(29)5;2-1(3,4)8(5,6)7/h8-18H,1-7H3;(H,5,6,7)/q+1;/p-1. The first kappa shape index (κ1) is 30.1. The normalized spacial score (nSPS) is 11.7. The molecule has 1 heterocycles. The molecular weight excluding hydrogens is 523 g/mol. The summed E-state index contributed by atoms with van der Waals surface area (Å²) >= 11 is 0. The van der Waals surface area contributed by atoms with Gasteiger partial charge in [0.2, 0.25) is 5.69 Å². The number of hydrogen-bond donors (Lipinski definition) is 0. The van der Waals surface area contributed by atoms with E-state index in [0.29, 0.717) is 0 Å². The summed E-state index contributed by atoms with van der Waals surface area (Å²) in [6.07, 6.45) is 4.61. The number of benzene rings is 3. The van der Waals surface area contributed by atoms with Crippen molar-refractivity contribution in [1.82, 2.24) is 0 Å². The van der Waals surface area contributed by atoms with E-state index in [1.54, 1.807) is 0 Å². The molecule has 0 N–H and O–H groups in total. The Morgan fingerprint density at radius 3 is 1.28 bits per heavy atom. The monoisotopic (exact) mass is 555 g/mol. The molecule has 3 aromatic carbocycles. The zero-order valence-electron chi connectivity index (χ0n) is 23.1. The maximum atomic E-state index is 10.7. The van der Waals surface area contributed by atoms with Gasteiger partial charge in [-0.3, -0.25) is 0 Å². The van der Waals surface area contributed by atoms with Gasteiger partial charge in [-0.05, 0) is 100 Å². The molecule has 0 saturated heterocycles. The van der Waals surface area contributed by atoms with Gasteiger partial charge >= 0.3 is 5.51 Å². The number of pyridine rings is 1. The molecule has 0 saturated carbocycles. The Hall–Kier alpha value is -3.49. The van der Waals surface area contributed by atoms with E-state index in [1.165, 1.54) is 66.9 Å². The summed E-state index contributed by atoms with van der Waals surface area (Å²) in [4.78, 5) is 0. The Labute approximate surface area is 228 Å². The van der Waals surface area contributed by atoms with Crippen molar-refractivity contribution in [2.75, 3.05) is 0 Å². The van der Waals surface area contributed by atoms with Crippen molar-refractivity contribution in [1.29, 1.82) is 0 Å². The quantitative estimate of drug-likeness (QED) is 0.149. The highest BCUT2D eigenvalue weighted by Crippen LogP contribution is 2.33. The minimum atomic E-state index is -6.09. The number of aromatic nitrogens is 1. The summed E-state index contributed by atoms with van der Waals surface area (Å²) in [6, 6.07) is 20.0. The Kier molecular flexibility index (Phi) is 8.72. The molecule has 0 spiro atoms. The number of nitrogens with zero attached hydrogens (tertiary/aromatic N) is 1. The second-order valence-corrected chi connectivity index (χ2v) is 11.3. The van der Waals surface area contributed by atoms with E-state index in [0.717, 1.165) is 0 Å². The maximum Gasteiger partial charge on any atom is 0.485 e. The molecule has 39 heavy (non-hydrogen) atoms. The second-order valence-electron chi connectivity index (χ2n) is 9.90. The molecule has 4 nitrogen and oxygen atoms in total. The smallest absolute Gasteiger partial charge is 0.485 e. The van der Waals surface area contributed by atoms with Crippen molar-refractivity contribution in [3.05, 3.63) is 106 Å². The van der Waals surface area contributed by atoms with E-state index in [4.69, 9.17) is 13.0 Å². The van der Waals surface area contributed by atoms with Crippen LogP contribution in [0.1, 0.15) is 38.9 Å². The van der Waals surface area contributed by atoms with E-state index < -0.39 is 15.6 Å². The summed E-state index contributed by atoms with van der Waals surface area (Å²) in [5.41, 5.74) is 9.93. The molecule has 0 fully saturated rings. The summed E-state index contributed by atoms with van der Waals surface area (Å²) in [5, 5.41) is 0. The van der Waals surface area contributed by atoms with Crippen LogP contribution in [0, 0.1) is 48.5 Å². The molecule has 1 aromatic heterocycles. The van der Waals surface area contributed by atoms with Crippen LogP contribution >= 0.6 is 0 Å². The topological polar surface area (TPSA) is 61.1 Å². The van der Waals surface area contributed by atoms with Crippen LogP contribution < -0.4 is 4.57 Å². The number of aryl methyl sites for hydroxylation is 7. The summed E-state index contributed by atoms with van der Waals surface area (Å²) in [5.74, 6) is 0. The van der Waals surface area contributed by atoms with Crippen molar-refractivity contribution < 1.29 is 30.7 Å². The molecule has 0 aliphatic rings. The molecule has 0 aliphatic heterocycles. The summed E-state index contributed by atoms with van der Waals surface area (Å²) in [6.45, 7) is 15.4. The fraction of sp³-hybridized carbons (Fsp3) is 0.258. The third-order valence-electron chi connectivity index (χ3n) is 6.58. The molecule has 0 radical (unpaired) electrons. The van der Waals surface area contributed by atoms with Gasteiger partial charge in [0, 0.05) is 22.3 Å². The van der Waals surface area contributed by atoms with E-state index in [-0.39, 0.29) is 0 Å². The lowest BCUT2D eigenvalue weighted by Gasteiger charge is -2.15. The minimum absolute atomic E-state index is 1.26.